The Morgan fingerprint density at radius 1 is 0.931 bits per heavy atom. The van der Waals surface area contributed by atoms with Gasteiger partial charge in [-0.1, -0.05) is 24.3 Å². The van der Waals surface area contributed by atoms with Gasteiger partial charge in [-0.05, 0) is 62.1 Å². The summed E-state index contributed by atoms with van der Waals surface area (Å²) in [5, 5.41) is 3.00. The molecule has 1 N–H and O–H groups in total. The van der Waals surface area contributed by atoms with E-state index < -0.39 is 0 Å². The molecule has 0 radical (unpaired) electrons. The molecule has 0 unspecified atom stereocenters. The van der Waals surface area contributed by atoms with E-state index in [9.17, 15) is 9.59 Å². The van der Waals surface area contributed by atoms with Gasteiger partial charge in [0.15, 0.2) is 13.2 Å². The minimum atomic E-state index is -0.139. The van der Waals surface area contributed by atoms with Crippen molar-refractivity contribution in [3.8, 4) is 11.5 Å². The molecule has 2 aromatic carbocycles. The van der Waals surface area contributed by atoms with Crippen LogP contribution in [0.4, 0.5) is 0 Å². The van der Waals surface area contributed by atoms with Crippen molar-refractivity contribution in [1.82, 2.24) is 10.2 Å². The van der Waals surface area contributed by atoms with Crippen molar-refractivity contribution in [2.75, 3.05) is 26.3 Å². The summed E-state index contributed by atoms with van der Waals surface area (Å²) < 4.78 is 11.1. The second-order valence-corrected chi connectivity index (χ2v) is 7.36. The highest BCUT2D eigenvalue weighted by molar-refractivity contribution is 5.79. The van der Waals surface area contributed by atoms with Crippen LogP contribution in [-0.4, -0.2) is 49.1 Å². The normalized spacial score (nSPS) is 14.3. The molecule has 3 rings (SSSR count). The van der Waals surface area contributed by atoms with Crippen molar-refractivity contribution in [2.24, 2.45) is 0 Å². The van der Waals surface area contributed by atoms with E-state index >= 15 is 0 Å². The van der Waals surface area contributed by atoms with E-state index in [-0.39, 0.29) is 31.1 Å². The molecule has 1 aliphatic heterocycles. The Balaban J connectivity index is 1.36. The predicted octanol–water partition coefficient (Wildman–Crippen LogP) is 2.87. The molecule has 6 heteroatoms. The van der Waals surface area contributed by atoms with Crippen molar-refractivity contribution >= 4 is 11.8 Å². The maximum absolute atomic E-state index is 12.3. The third kappa shape index (κ3) is 6.24. The van der Waals surface area contributed by atoms with E-state index in [2.05, 4.69) is 5.32 Å². The van der Waals surface area contributed by atoms with Gasteiger partial charge < -0.3 is 19.7 Å². The van der Waals surface area contributed by atoms with Gasteiger partial charge >= 0.3 is 0 Å². The molecule has 0 aromatic heterocycles. The fourth-order valence-corrected chi connectivity index (χ4v) is 3.25. The van der Waals surface area contributed by atoms with Gasteiger partial charge in [0.1, 0.15) is 11.5 Å². The van der Waals surface area contributed by atoms with Gasteiger partial charge in [-0.2, -0.15) is 0 Å². The Morgan fingerprint density at radius 2 is 1.62 bits per heavy atom. The van der Waals surface area contributed by atoms with E-state index in [1.54, 1.807) is 4.90 Å². The van der Waals surface area contributed by atoms with E-state index in [0.29, 0.717) is 24.6 Å². The van der Waals surface area contributed by atoms with Crippen LogP contribution in [0.3, 0.4) is 0 Å². The van der Waals surface area contributed by atoms with E-state index in [1.807, 2.05) is 62.4 Å². The fraction of sp³-hybridized carbons (Fsp3) is 0.391. The molecule has 0 aliphatic carbocycles. The number of carbonyl (C=O) groups excluding carboxylic acids is 2. The standard InChI is InChI=1S/C23H28N2O4/c1-17-8-9-21(14-18(17)2)28-15-22(26)24-19-10-12-25(13-11-19)23(27)16-29-20-6-4-3-5-7-20/h3-9,14,19H,10-13,15-16H2,1-2H3,(H,24,26). The first-order valence-corrected chi connectivity index (χ1v) is 9.96. The van der Waals surface area contributed by atoms with E-state index in [0.717, 1.165) is 18.4 Å². The summed E-state index contributed by atoms with van der Waals surface area (Å²) in [6.45, 7) is 5.30. The zero-order chi connectivity index (χ0) is 20.6. The topological polar surface area (TPSA) is 67.9 Å². The van der Waals surface area contributed by atoms with E-state index in [4.69, 9.17) is 9.47 Å². The number of amides is 2. The molecular weight excluding hydrogens is 368 g/mol. The zero-order valence-corrected chi connectivity index (χ0v) is 17.0. The van der Waals surface area contributed by atoms with Crippen LogP contribution in [0.2, 0.25) is 0 Å². The van der Waals surface area contributed by atoms with Crippen LogP contribution in [0, 0.1) is 13.8 Å². The average molecular weight is 396 g/mol. The number of likely N-dealkylation sites (tertiary alicyclic amines) is 1. The minimum Gasteiger partial charge on any atom is -0.484 e. The first kappa shape index (κ1) is 20.7. The van der Waals surface area contributed by atoms with Gasteiger partial charge in [-0.15, -0.1) is 0 Å². The maximum Gasteiger partial charge on any atom is 0.260 e. The van der Waals surface area contributed by atoms with Crippen molar-refractivity contribution in [2.45, 2.75) is 32.7 Å². The Labute approximate surface area is 171 Å². The minimum absolute atomic E-state index is 0.00738. The van der Waals surface area contributed by atoms with Crippen LogP contribution in [0.15, 0.2) is 48.5 Å². The van der Waals surface area contributed by atoms with Crippen molar-refractivity contribution in [3.05, 3.63) is 59.7 Å². The number of para-hydroxylation sites is 1. The number of hydrogen-bond acceptors (Lipinski definition) is 4. The van der Waals surface area contributed by atoms with Crippen molar-refractivity contribution in [3.63, 3.8) is 0 Å². The maximum atomic E-state index is 12.3. The number of aryl methyl sites for hydroxylation is 2. The van der Waals surface area contributed by atoms with Crippen LogP contribution in [-0.2, 0) is 9.59 Å². The second kappa shape index (κ2) is 9.96. The number of carbonyl (C=O) groups is 2. The molecule has 1 fully saturated rings. The van der Waals surface area contributed by atoms with Crippen LogP contribution in [0.25, 0.3) is 0 Å². The number of piperidine rings is 1. The Kier molecular flexibility index (Phi) is 7.11. The molecule has 0 bridgehead atoms. The molecule has 0 atom stereocenters. The number of ether oxygens (including phenoxy) is 2. The lowest BCUT2D eigenvalue weighted by Crippen LogP contribution is -2.48. The quantitative estimate of drug-likeness (QED) is 0.782. The van der Waals surface area contributed by atoms with Crippen LogP contribution in [0.5, 0.6) is 11.5 Å². The van der Waals surface area contributed by atoms with Crippen LogP contribution < -0.4 is 14.8 Å². The highest BCUT2D eigenvalue weighted by atomic mass is 16.5. The van der Waals surface area contributed by atoms with Crippen molar-refractivity contribution in [1.29, 1.82) is 0 Å². The molecule has 0 spiro atoms. The molecule has 29 heavy (non-hydrogen) atoms. The smallest absolute Gasteiger partial charge is 0.260 e. The molecule has 1 saturated heterocycles. The monoisotopic (exact) mass is 396 g/mol. The highest BCUT2D eigenvalue weighted by Gasteiger charge is 2.24. The lowest BCUT2D eigenvalue weighted by molar-refractivity contribution is -0.134. The third-order valence-corrected chi connectivity index (χ3v) is 5.17. The second-order valence-electron chi connectivity index (χ2n) is 7.36. The number of nitrogens with zero attached hydrogens (tertiary/aromatic N) is 1. The molecule has 2 amide bonds. The molecular formula is C23H28N2O4. The van der Waals surface area contributed by atoms with Crippen LogP contribution >= 0.6 is 0 Å². The number of rotatable bonds is 7. The van der Waals surface area contributed by atoms with Gasteiger partial charge in [0.2, 0.25) is 0 Å². The van der Waals surface area contributed by atoms with Gasteiger partial charge in [-0.25, -0.2) is 0 Å². The zero-order valence-electron chi connectivity index (χ0n) is 17.0. The molecule has 1 aliphatic rings. The summed E-state index contributed by atoms with van der Waals surface area (Å²) >= 11 is 0. The first-order chi connectivity index (χ1) is 14.0. The SMILES string of the molecule is Cc1ccc(OCC(=O)NC2CCN(C(=O)COc3ccccc3)CC2)cc1C. The molecule has 154 valence electrons. The van der Waals surface area contributed by atoms with Gasteiger partial charge in [0.25, 0.3) is 11.8 Å². The summed E-state index contributed by atoms with van der Waals surface area (Å²) in [6, 6.07) is 15.2. The number of nitrogens with one attached hydrogen (secondary N) is 1. The first-order valence-electron chi connectivity index (χ1n) is 9.96. The van der Waals surface area contributed by atoms with Crippen LogP contribution in [0.1, 0.15) is 24.0 Å². The third-order valence-electron chi connectivity index (χ3n) is 5.17. The van der Waals surface area contributed by atoms with E-state index in [1.165, 1.54) is 5.56 Å². The largest absolute Gasteiger partial charge is 0.484 e. The average Bonchev–Trinajstić information content (AvgIpc) is 2.74. The molecule has 1 heterocycles. The summed E-state index contributed by atoms with van der Waals surface area (Å²) in [4.78, 5) is 26.3. The molecule has 0 saturated carbocycles. The molecule has 6 nitrogen and oxygen atoms in total. The lowest BCUT2D eigenvalue weighted by Gasteiger charge is -2.32. The lowest BCUT2D eigenvalue weighted by atomic mass is 10.1. The van der Waals surface area contributed by atoms with Crippen molar-refractivity contribution < 1.29 is 19.1 Å². The fourth-order valence-electron chi connectivity index (χ4n) is 3.25. The highest BCUT2D eigenvalue weighted by Crippen LogP contribution is 2.16. The summed E-state index contributed by atoms with van der Waals surface area (Å²) in [5.41, 5.74) is 2.33. The predicted molar refractivity (Wildman–Crippen MR) is 111 cm³/mol. The Bertz CT molecular complexity index is 830. The number of benzene rings is 2. The summed E-state index contributed by atoms with van der Waals surface area (Å²) in [5.74, 6) is 1.21. The van der Waals surface area contributed by atoms with Gasteiger partial charge in [0.05, 0.1) is 0 Å². The summed E-state index contributed by atoms with van der Waals surface area (Å²) in [7, 11) is 0. The Hall–Kier alpha value is -3.02. The summed E-state index contributed by atoms with van der Waals surface area (Å²) in [6.07, 6.45) is 1.46. The van der Waals surface area contributed by atoms with Gasteiger partial charge in [-0.3, -0.25) is 9.59 Å². The van der Waals surface area contributed by atoms with Gasteiger partial charge in [0, 0.05) is 19.1 Å². The number of hydrogen-bond donors (Lipinski definition) is 1. The molecule has 2 aromatic rings. The Morgan fingerprint density at radius 3 is 2.31 bits per heavy atom.